The van der Waals surface area contributed by atoms with E-state index < -0.39 is 0 Å². The second-order valence-electron chi connectivity index (χ2n) is 9.22. The summed E-state index contributed by atoms with van der Waals surface area (Å²) in [5, 5.41) is 10.3. The van der Waals surface area contributed by atoms with Crippen molar-refractivity contribution >= 4 is 5.78 Å². The van der Waals surface area contributed by atoms with Crippen molar-refractivity contribution < 1.29 is 9.90 Å². The number of aliphatic hydroxyl groups excluding tert-OH is 1. The molecule has 4 rings (SSSR count). The van der Waals surface area contributed by atoms with Gasteiger partial charge in [-0.15, -0.1) is 0 Å². The lowest BCUT2D eigenvalue weighted by Crippen LogP contribution is -2.49. The van der Waals surface area contributed by atoms with Crippen LogP contribution in [0.25, 0.3) is 0 Å². The zero-order valence-corrected chi connectivity index (χ0v) is 15.3. The van der Waals surface area contributed by atoms with Crippen LogP contribution in [0.1, 0.15) is 59.3 Å². The highest BCUT2D eigenvalue weighted by atomic mass is 16.3. The van der Waals surface area contributed by atoms with Crippen LogP contribution in [-0.4, -0.2) is 10.9 Å². The minimum atomic E-state index is -0.0310. The van der Waals surface area contributed by atoms with Crippen LogP contribution in [0.2, 0.25) is 0 Å². The minimum absolute atomic E-state index is 0.0310. The Kier molecular flexibility index (Phi) is 3.43. The molecular formula is C22H30O2. The van der Waals surface area contributed by atoms with E-state index in [1.807, 2.05) is 6.08 Å². The number of allylic oxidation sites excluding steroid dienone is 4. The molecule has 130 valence electrons. The van der Waals surface area contributed by atoms with E-state index in [4.69, 9.17) is 0 Å². The highest BCUT2D eigenvalue weighted by Crippen LogP contribution is 2.69. The van der Waals surface area contributed by atoms with E-state index in [1.54, 1.807) is 5.57 Å². The smallest absolute Gasteiger partial charge is 0.155 e. The van der Waals surface area contributed by atoms with Crippen molar-refractivity contribution in [3.8, 4) is 0 Å². The highest BCUT2D eigenvalue weighted by molar-refractivity contribution is 5.91. The number of hydrogen-bond donors (Lipinski definition) is 1. The molecule has 0 aromatic carbocycles. The summed E-state index contributed by atoms with van der Waals surface area (Å²) >= 11 is 0. The summed E-state index contributed by atoms with van der Waals surface area (Å²) in [6, 6.07) is 0. The Morgan fingerprint density at radius 3 is 2.71 bits per heavy atom. The summed E-state index contributed by atoms with van der Waals surface area (Å²) < 4.78 is 0. The topological polar surface area (TPSA) is 37.3 Å². The van der Waals surface area contributed by atoms with E-state index in [9.17, 15) is 9.90 Å². The summed E-state index contributed by atoms with van der Waals surface area (Å²) in [6.07, 6.45) is 10.6. The number of hydrogen-bond acceptors (Lipinski definition) is 2. The molecule has 2 saturated carbocycles. The number of fused-ring (bicyclic) bond motifs is 5. The number of carbonyl (C=O) groups is 1. The summed E-state index contributed by atoms with van der Waals surface area (Å²) in [7, 11) is 0. The number of rotatable bonds is 1. The molecule has 24 heavy (non-hydrogen) atoms. The van der Waals surface area contributed by atoms with Gasteiger partial charge in [0.05, 0.1) is 5.76 Å². The molecule has 1 N–H and O–H groups in total. The minimum Gasteiger partial charge on any atom is -0.512 e. The number of carbonyl (C=O) groups excluding carboxylic acids is 1. The van der Waals surface area contributed by atoms with E-state index in [0.29, 0.717) is 29.1 Å². The van der Waals surface area contributed by atoms with Crippen LogP contribution < -0.4 is 0 Å². The maximum absolute atomic E-state index is 12.0. The predicted molar refractivity (Wildman–Crippen MR) is 96.5 cm³/mol. The molecule has 0 heterocycles. The van der Waals surface area contributed by atoms with Gasteiger partial charge >= 0.3 is 0 Å². The summed E-state index contributed by atoms with van der Waals surface area (Å²) in [6.45, 7) is 11.3. The Morgan fingerprint density at radius 2 is 2.00 bits per heavy atom. The molecule has 4 aliphatic rings. The van der Waals surface area contributed by atoms with Crippen LogP contribution >= 0.6 is 0 Å². The molecule has 2 fully saturated rings. The van der Waals surface area contributed by atoms with Gasteiger partial charge in [-0.25, -0.2) is 0 Å². The van der Waals surface area contributed by atoms with Gasteiger partial charge in [-0.3, -0.25) is 4.79 Å². The normalized spacial score (nSPS) is 47.2. The van der Waals surface area contributed by atoms with Crippen molar-refractivity contribution in [1.82, 2.24) is 0 Å². The molecule has 0 aromatic rings. The monoisotopic (exact) mass is 326 g/mol. The molecule has 0 aliphatic heterocycles. The molecule has 0 aromatic heterocycles. The van der Waals surface area contributed by atoms with Gasteiger partial charge in [-0.2, -0.15) is 0 Å². The molecule has 0 bridgehead atoms. The average molecular weight is 326 g/mol. The molecule has 2 heteroatoms. The maximum Gasteiger partial charge on any atom is 0.155 e. The first kappa shape index (κ1) is 16.2. The maximum atomic E-state index is 12.0. The van der Waals surface area contributed by atoms with Gasteiger partial charge in [-0.05, 0) is 66.4 Å². The Hall–Kier alpha value is -1.31. The SMILES string of the molecule is C=C(O)[C@H]1CC2C(=CCC3(C)C(C)CC[C@@]23C)C2CCC(=O)C=C21. The third-order valence-corrected chi connectivity index (χ3v) is 8.51. The average Bonchev–Trinajstić information content (AvgIpc) is 2.78. The van der Waals surface area contributed by atoms with Crippen LogP contribution in [0.5, 0.6) is 0 Å². The van der Waals surface area contributed by atoms with Crippen molar-refractivity contribution in [2.45, 2.75) is 59.3 Å². The van der Waals surface area contributed by atoms with E-state index in [-0.39, 0.29) is 17.5 Å². The standard InChI is InChI=1S/C22H30O2/c1-13-7-9-22(4)20-12-18(14(2)23)19-11-15(24)5-6-16(19)17(20)8-10-21(13,22)3/h8,11,13,16,18,20,23H,2,5-7,9-10,12H2,1,3-4H3/t13?,16?,18-,20?,21?,22+/m1/s1. The van der Waals surface area contributed by atoms with Crippen molar-refractivity contribution in [2.75, 3.05) is 0 Å². The Balaban J connectivity index is 1.82. The fraction of sp³-hybridized carbons (Fsp3) is 0.682. The second-order valence-corrected chi connectivity index (χ2v) is 9.22. The van der Waals surface area contributed by atoms with Gasteiger partial charge in [0, 0.05) is 18.3 Å². The second kappa shape index (κ2) is 5.09. The lowest BCUT2D eigenvalue weighted by atomic mass is 9.47. The fourth-order valence-electron chi connectivity index (χ4n) is 6.53. The largest absolute Gasteiger partial charge is 0.512 e. The molecule has 6 atom stereocenters. The van der Waals surface area contributed by atoms with Crippen LogP contribution in [0, 0.1) is 34.5 Å². The molecule has 0 saturated heterocycles. The third-order valence-electron chi connectivity index (χ3n) is 8.51. The molecule has 0 spiro atoms. The van der Waals surface area contributed by atoms with Crippen molar-refractivity contribution in [3.63, 3.8) is 0 Å². The molecular weight excluding hydrogens is 296 g/mol. The van der Waals surface area contributed by atoms with Gasteiger partial charge < -0.3 is 5.11 Å². The van der Waals surface area contributed by atoms with Gasteiger partial charge in [0.1, 0.15) is 0 Å². The number of ketones is 1. The van der Waals surface area contributed by atoms with E-state index in [0.717, 1.165) is 24.3 Å². The highest BCUT2D eigenvalue weighted by Gasteiger charge is 2.60. The summed E-state index contributed by atoms with van der Waals surface area (Å²) in [5.41, 5.74) is 3.37. The summed E-state index contributed by atoms with van der Waals surface area (Å²) in [5.74, 6) is 2.06. The first-order chi connectivity index (χ1) is 11.3. The van der Waals surface area contributed by atoms with Crippen LogP contribution in [0.15, 0.2) is 35.6 Å². The summed E-state index contributed by atoms with van der Waals surface area (Å²) in [4.78, 5) is 12.0. The molecule has 0 radical (unpaired) electrons. The Labute approximate surface area is 145 Å². The van der Waals surface area contributed by atoms with Crippen molar-refractivity contribution in [3.05, 3.63) is 35.6 Å². The van der Waals surface area contributed by atoms with Crippen molar-refractivity contribution in [2.24, 2.45) is 34.5 Å². The predicted octanol–water partition coefficient (Wildman–Crippen LogP) is 5.37. The van der Waals surface area contributed by atoms with Crippen LogP contribution in [-0.2, 0) is 4.79 Å². The molecule has 4 aliphatic carbocycles. The Morgan fingerprint density at radius 1 is 1.25 bits per heavy atom. The first-order valence-electron chi connectivity index (χ1n) is 9.60. The van der Waals surface area contributed by atoms with Gasteiger partial charge in [0.25, 0.3) is 0 Å². The zero-order valence-electron chi connectivity index (χ0n) is 15.3. The van der Waals surface area contributed by atoms with Gasteiger partial charge in [0.15, 0.2) is 5.78 Å². The molecule has 0 amide bonds. The van der Waals surface area contributed by atoms with E-state index >= 15 is 0 Å². The molecule has 2 nitrogen and oxygen atoms in total. The fourth-order valence-corrected chi connectivity index (χ4v) is 6.53. The van der Waals surface area contributed by atoms with Gasteiger partial charge in [-0.1, -0.05) is 39.0 Å². The zero-order chi connectivity index (χ0) is 17.3. The first-order valence-corrected chi connectivity index (χ1v) is 9.60. The lowest BCUT2D eigenvalue weighted by Gasteiger charge is -2.57. The quantitative estimate of drug-likeness (QED) is 0.519. The van der Waals surface area contributed by atoms with Crippen molar-refractivity contribution in [1.29, 1.82) is 0 Å². The van der Waals surface area contributed by atoms with Crippen LogP contribution in [0.3, 0.4) is 0 Å². The van der Waals surface area contributed by atoms with E-state index in [2.05, 4.69) is 33.4 Å². The van der Waals surface area contributed by atoms with Gasteiger partial charge in [0.2, 0.25) is 0 Å². The Bertz CT molecular complexity index is 669. The lowest BCUT2D eigenvalue weighted by molar-refractivity contribution is -0.115. The number of aliphatic hydroxyl groups is 1. The van der Waals surface area contributed by atoms with Crippen LogP contribution in [0.4, 0.5) is 0 Å². The molecule has 4 unspecified atom stereocenters. The third kappa shape index (κ3) is 1.92. The van der Waals surface area contributed by atoms with E-state index in [1.165, 1.54) is 19.3 Å².